The number of likely N-dealkylation sites (tertiary alicyclic amines) is 1. The van der Waals surface area contributed by atoms with Gasteiger partial charge >= 0.3 is 0 Å². The highest BCUT2D eigenvalue weighted by molar-refractivity contribution is 5.95. The molecule has 1 heterocycles. The topological polar surface area (TPSA) is 48.0 Å². The predicted molar refractivity (Wildman–Crippen MR) is 95.5 cm³/mol. The third-order valence-corrected chi connectivity index (χ3v) is 4.72. The second kappa shape index (κ2) is 7.64. The first-order valence-corrected chi connectivity index (χ1v) is 8.45. The molecule has 1 unspecified atom stereocenters. The maximum absolute atomic E-state index is 14.3. The molecule has 0 bridgehead atoms. The van der Waals surface area contributed by atoms with Crippen LogP contribution in [0.25, 0.3) is 0 Å². The lowest BCUT2D eigenvalue weighted by Crippen LogP contribution is -2.31. The van der Waals surface area contributed by atoms with E-state index >= 15 is 0 Å². The van der Waals surface area contributed by atoms with E-state index in [2.05, 4.69) is 0 Å². The van der Waals surface area contributed by atoms with Crippen LogP contribution >= 0.6 is 0 Å². The van der Waals surface area contributed by atoms with Gasteiger partial charge in [-0.25, -0.2) is 4.39 Å². The summed E-state index contributed by atoms with van der Waals surface area (Å²) in [6.45, 7) is 0.574. The summed E-state index contributed by atoms with van der Waals surface area (Å²) in [6, 6.07) is 9.67. The van der Waals surface area contributed by atoms with Gasteiger partial charge in [0.1, 0.15) is 23.1 Å². The summed E-state index contributed by atoms with van der Waals surface area (Å²) < 4.78 is 30.1. The van der Waals surface area contributed by atoms with E-state index in [4.69, 9.17) is 14.2 Å². The Bertz CT molecular complexity index is 808. The maximum Gasteiger partial charge on any atom is 0.257 e. The highest BCUT2D eigenvalue weighted by Crippen LogP contribution is 2.39. The minimum absolute atomic E-state index is 0.0465. The van der Waals surface area contributed by atoms with E-state index in [1.807, 2.05) is 12.1 Å². The third-order valence-electron chi connectivity index (χ3n) is 4.72. The van der Waals surface area contributed by atoms with Gasteiger partial charge in [0.2, 0.25) is 0 Å². The first-order valence-electron chi connectivity index (χ1n) is 8.45. The standard InChI is InChI=1S/C20H22FNO4/c1-24-13-6-8-15(17(21)11-13)20(23)22-10-4-5-18(22)16-9-7-14(25-2)12-19(16)26-3/h6-9,11-12,18H,4-5,10H2,1-3H3. The number of halogens is 1. The van der Waals surface area contributed by atoms with Gasteiger partial charge in [-0.15, -0.1) is 0 Å². The zero-order valence-corrected chi connectivity index (χ0v) is 15.1. The molecule has 0 aromatic heterocycles. The highest BCUT2D eigenvalue weighted by atomic mass is 19.1. The van der Waals surface area contributed by atoms with E-state index in [1.165, 1.54) is 19.2 Å². The fraction of sp³-hybridized carbons (Fsp3) is 0.350. The number of hydrogen-bond acceptors (Lipinski definition) is 4. The molecule has 1 atom stereocenters. The van der Waals surface area contributed by atoms with Crippen LogP contribution in [0, 0.1) is 5.82 Å². The normalized spacial score (nSPS) is 16.5. The van der Waals surface area contributed by atoms with Crippen molar-refractivity contribution in [3.63, 3.8) is 0 Å². The lowest BCUT2D eigenvalue weighted by molar-refractivity contribution is 0.0729. The number of amides is 1. The fourth-order valence-corrected chi connectivity index (χ4v) is 3.38. The summed E-state index contributed by atoms with van der Waals surface area (Å²) in [7, 11) is 4.64. The first kappa shape index (κ1) is 18.0. The smallest absolute Gasteiger partial charge is 0.257 e. The Kier molecular flexibility index (Phi) is 5.30. The molecule has 138 valence electrons. The molecular weight excluding hydrogens is 337 g/mol. The molecule has 6 heteroatoms. The van der Waals surface area contributed by atoms with Gasteiger partial charge in [0.05, 0.1) is 32.9 Å². The SMILES string of the molecule is COc1ccc(C(=O)N2CCCC2c2ccc(OC)cc2OC)c(F)c1. The van der Waals surface area contributed by atoms with Crippen LogP contribution in [0.15, 0.2) is 36.4 Å². The zero-order chi connectivity index (χ0) is 18.7. The number of carbonyl (C=O) groups excluding carboxylic acids is 1. The maximum atomic E-state index is 14.3. The largest absolute Gasteiger partial charge is 0.497 e. The zero-order valence-electron chi connectivity index (χ0n) is 15.1. The van der Waals surface area contributed by atoms with Crippen LogP contribution in [0.2, 0.25) is 0 Å². The van der Waals surface area contributed by atoms with E-state index in [0.29, 0.717) is 23.8 Å². The van der Waals surface area contributed by atoms with Crippen molar-refractivity contribution in [3.8, 4) is 17.2 Å². The molecule has 26 heavy (non-hydrogen) atoms. The molecule has 0 aliphatic carbocycles. The van der Waals surface area contributed by atoms with Gasteiger partial charge in [-0.1, -0.05) is 0 Å². The molecule has 1 aliphatic rings. The van der Waals surface area contributed by atoms with Crippen molar-refractivity contribution in [1.29, 1.82) is 0 Å². The molecule has 0 N–H and O–H groups in total. The number of ether oxygens (including phenoxy) is 3. The van der Waals surface area contributed by atoms with E-state index in [1.54, 1.807) is 31.3 Å². The van der Waals surface area contributed by atoms with Crippen LogP contribution in [0.1, 0.15) is 34.8 Å². The Morgan fingerprint density at radius 1 is 1.04 bits per heavy atom. The van der Waals surface area contributed by atoms with Crippen LogP contribution in [0.3, 0.4) is 0 Å². The van der Waals surface area contributed by atoms with E-state index in [9.17, 15) is 9.18 Å². The molecular formula is C20H22FNO4. The van der Waals surface area contributed by atoms with Crippen molar-refractivity contribution in [1.82, 2.24) is 4.90 Å². The van der Waals surface area contributed by atoms with E-state index in [-0.39, 0.29) is 17.5 Å². The fourth-order valence-electron chi connectivity index (χ4n) is 3.38. The second-order valence-corrected chi connectivity index (χ2v) is 6.11. The predicted octanol–water partition coefficient (Wildman–Crippen LogP) is 3.83. The van der Waals surface area contributed by atoms with Gasteiger partial charge in [0.15, 0.2) is 0 Å². The average molecular weight is 359 g/mol. The van der Waals surface area contributed by atoms with E-state index in [0.717, 1.165) is 18.4 Å². The number of methoxy groups -OCH3 is 3. The van der Waals surface area contributed by atoms with Gasteiger partial charge in [-0.2, -0.15) is 0 Å². The van der Waals surface area contributed by atoms with E-state index < -0.39 is 5.82 Å². The average Bonchev–Trinajstić information content (AvgIpc) is 3.16. The molecule has 1 aliphatic heterocycles. The molecule has 1 saturated heterocycles. The molecule has 2 aromatic carbocycles. The molecule has 5 nitrogen and oxygen atoms in total. The number of carbonyl (C=O) groups is 1. The van der Waals surface area contributed by atoms with Gasteiger partial charge < -0.3 is 19.1 Å². The van der Waals surface area contributed by atoms with Crippen LogP contribution in [-0.4, -0.2) is 38.7 Å². The molecule has 2 aromatic rings. The van der Waals surface area contributed by atoms with Gasteiger partial charge in [0.25, 0.3) is 5.91 Å². The molecule has 0 saturated carbocycles. The summed E-state index contributed by atoms with van der Waals surface area (Å²) >= 11 is 0. The third kappa shape index (κ3) is 3.31. The Balaban J connectivity index is 1.92. The highest BCUT2D eigenvalue weighted by Gasteiger charge is 2.33. The van der Waals surface area contributed by atoms with Crippen molar-refractivity contribution >= 4 is 5.91 Å². The Morgan fingerprint density at radius 2 is 1.73 bits per heavy atom. The summed E-state index contributed by atoms with van der Waals surface area (Å²) in [4.78, 5) is 14.7. The quantitative estimate of drug-likeness (QED) is 0.814. The molecule has 0 radical (unpaired) electrons. The minimum Gasteiger partial charge on any atom is -0.497 e. The van der Waals surface area contributed by atoms with Crippen LogP contribution in [-0.2, 0) is 0 Å². The number of benzene rings is 2. The van der Waals surface area contributed by atoms with Crippen LogP contribution < -0.4 is 14.2 Å². The Labute approximate surface area is 152 Å². The van der Waals surface area contributed by atoms with Crippen LogP contribution in [0.5, 0.6) is 17.2 Å². The van der Waals surface area contributed by atoms with Crippen molar-refractivity contribution in [3.05, 3.63) is 53.3 Å². The minimum atomic E-state index is -0.582. The second-order valence-electron chi connectivity index (χ2n) is 6.11. The molecule has 1 fully saturated rings. The monoisotopic (exact) mass is 359 g/mol. The van der Waals surface area contributed by atoms with Crippen molar-refractivity contribution in [2.24, 2.45) is 0 Å². The summed E-state index contributed by atoms with van der Waals surface area (Å²) in [5.41, 5.74) is 0.943. The van der Waals surface area contributed by atoms with Crippen molar-refractivity contribution in [2.75, 3.05) is 27.9 Å². The number of hydrogen-bond donors (Lipinski definition) is 0. The number of rotatable bonds is 5. The lowest BCUT2D eigenvalue weighted by atomic mass is 10.0. The van der Waals surface area contributed by atoms with Gasteiger partial charge in [0, 0.05) is 24.2 Å². The lowest BCUT2D eigenvalue weighted by Gasteiger charge is -2.27. The molecule has 3 rings (SSSR count). The van der Waals surface area contributed by atoms with Crippen molar-refractivity contribution < 1.29 is 23.4 Å². The Hall–Kier alpha value is -2.76. The van der Waals surface area contributed by atoms with Gasteiger partial charge in [-0.3, -0.25) is 4.79 Å². The summed E-state index contributed by atoms with van der Waals surface area (Å²) in [5, 5.41) is 0. The molecule has 0 spiro atoms. The first-order chi connectivity index (χ1) is 12.6. The molecule has 1 amide bonds. The summed E-state index contributed by atoms with van der Waals surface area (Å²) in [5.74, 6) is 0.813. The number of nitrogens with zero attached hydrogens (tertiary/aromatic N) is 1. The van der Waals surface area contributed by atoms with Gasteiger partial charge in [-0.05, 0) is 37.1 Å². The van der Waals surface area contributed by atoms with Crippen LogP contribution in [0.4, 0.5) is 4.39 Å². The van der Waals surface area contributed by atoms with Crippen molar-refractivity contribution in [2.45, 2.75) is 18.9 Å². The Morgan fingerprint density at radius 3 is 2.38 bits per heavy atom. The summed E-state index contributed by atoms with van der Waals surface area (Å²) in [6.07, 6.45) is 1.65.